The standard InChI is InChI=1S/C53H96O12S/c1-3-5-7-9-11-13-15-17-19-20-21-22-23-24-25-26-28-29-31-33-35-37-39-41-48(54)62-43-46(44-63-53-52(58)51(57)50(56)47(65-53)45-66(59,60)61)64-49(55)42-40-38-36-34-32-30-27-18-16-14-12-10-8-6-4-2/h12,14,18,20-21,27,46-47,50-53,56-58H,3-11,13,15-17,19,22-26,28-45H2,1-2H3,(H,59,60,61)/b14-12-,21-20-,27-18-. The normalized spacial score (nSPS) is 19.6. The monoisotopic (exact) mass is 957 g/mol. The molecule has 1 heterocycles. The van der Waals surface area contributed by atoms with Gasteiger partial charge in [-0.25, -0.2) is 0 Å². The van der Waals surface area contributed by atoms with E-state index in [1.807, 2.05) is 0 Å². The predicted molar refractivity (Wildman–Crippen MR) is 266 cm³/mol. The SMILES string of the molecule is CCCCC/C=C\C/C=C\CCCCCCCC(=O)OC(COC(=O)CCCCCCCCCCCCC/C=C\CCCCCCCCCC)COC1OC(CS(=O)(=O)O)C(O)C(O)C1O. The molecule has 12 nitrogen and oxygen atoms in total. The highest BCUT2D eigenvalue weighted by Gasteiger charge is 2.46. The third-order valence-electron chi connectivity index (χ3n) is 12.2. The number of allylic oxidation sites excluding steroid dienone is 6. The summed E-state index contributed by atoms with van der Waals surface area (Å²) in [5, 5.41) is 31.0. The Morgan fingerprint density at radius 1 is 0.515 bits per heavy atom. The Hall–Kier alpha value is -2.13. The lowest BCUT2D eigenvalue weighted by atomic mass is 10.00. The number of rotatable bonds is 45. The maximum absolute atomic E-state index is 12.9. The zero-order chi connectivity index (χ0) is 48.4. The van der Waals surface area contributed by atoms with Gasteiger partial charge in [0, 0.05) is 12.8 Å². The van der Waals surface area contributed by atoms with Crippen molar-refractivity contribution in [2.75, 3.05) is 19.0 Å². The van der Waals surface area contributed by atoms with Crippen molar-refractivity contribution in [1.82, 2.24) is 0 Å². The molecule has 386 valence electrons. The summed E-state index contributed by atoms with van der Waals surface area (Å²) in [6.07, 6.45) is 41.9. The molecule has 13 heteroatoms. The Bertz CT molecular complexity index is 1350. The van der Waals surface area contributed by atoms with Gasteiger partial charge in [0.05, 0.1) is 6.61 Å². The second-order valence-corrected chi connectivity index (χ2v) is 20.0. The molecule has 4 N–H and O–H groups in total. The van der Waals surface area contributed by atoms with E-state index in [9.17, 15) is 37.9 Å². The smallest absolute Gasteiger partial charge is 0.306 e. The van der Waals surface area contributed by atoms with Crippen LogP contribution in [0.2, 0.25) is 0 Å². The Morgan fingerprint density at radius 2 is 0.909 bits per heavy atom. The molecule has 66 heavy (non-hydrogen) atoms. The molecule has 0 saturated carbocycles. The van der Waals surface area contributed by atoms with Crippen LogP contribution in [0.5, 0.6) is 0 Å². The van der Waals surface area contributed by atoms with Crippen LogP contribution in [0.3, 0.4) is 0 Å². The highest BCUT2D eigenvalue weighted by molar-refractivity contribution is 7.85. The fraction of sp³-hybridized carbons (Fsp3) is 0.849. The first-order chi connectivity index (χ1) is 32.0. The van der Waals surface area contributed by atoms with Crippen molar-refractivity contribution in [2.45, 2.75) is 269 Å². The average Bonchev–Trinajstić information content (AvgIpc) is 3.28. The van der Waals surface area contributed by atoms with Crippen LogP contribution in [0.15, 0.2) is 36.5 Å². The first-order valence-corrected chi connectivity index (χ1v) is 28.2. The Labute approximate surface area is 401 Å². The summed E-state index contributed by atoms with van der Waals surface area (Å²) in [7, 11) is -4.61. The van der Waals surface area contributed by atoms with E-state index in [4.69, 9.17) is 18.9 Å². The summed E-state index contributed by atoms with van der Waals surface area (Å²) in [5.41, 5.74) is 0. The molecule has 6 atom stereocenters. The largest absolute Gasteiger partial charge is 0.462 e. The van der Waals surface area contributed by atoms with E-state index in [-0.39, 0.29) is 19.4 Å². The molecule has 0 bridgehead atoms. The van der Waals surface area contributed by atoms with Crippen LogP contribution < -0.4 is 0 Å². The minimum atomic E-state index is -4.61. The van der Waals surface area contributed by atoms with Gasteiger partial charge in [0.15, 0.2) is 12.4 Å². The molecule has 6 unspecified atom stereocenters. The number of carbonyl (C=O) groups is 2. The number of esters is 2. The highest BCUT2D eigenvalue weighted by Crippen LogP contribution is 2.24. The van der Waals surface area contributed by atoms with Gasteiger partial charge in [0.25, 0.3) is 10.1 Å². The molecule has 0 aromatic heterocycles. The zero-order valence-electron chi connectivity index (χ0n) is 41.6. The number of carbonyl (C=O) groups excluding carboxylic acids is 2. The van der Waals surface area contributed by atoms with E-state index in [0.29, 0.717) is 12.8 Å². The summed E-state index contributed by atoms with van der Waals surface area (Å²) in [6, 6.07) is 0. The van der Waals surface area contributed by atoms with Crippen LogP contribution in [-0.4, -0.2) is 96.0 Å². The zero-order valence-corrected chi connectivity index (χ0v) is 42.4. The Kier molecular flexibility index (Phi) is 40.3. The number of hydrogen-bond donors (Lipinski definition) is 4. The van der Waals surface area contributed by atoms with Gasteiger partial charge in [0.1, 0.15) is 36.8 Å². The number of hydrogen-bond acceptors (Lipinski definition) is 11. The summed E-state index contributed by atoms with van der Waals surface area (Å²) in [6.45, 7) is 3.75. The number of ether oxygens (including phenoxy) is 4. The van der Waals surface area contributed by atoms with E-state index in [1.165, 1.54) is 128 Å². The van der Waals surface area contributed by atoms with Gasteiger partial charge in [-0.1, -0.05) is 185 Å². The summed E-state index contributed by atoms with van der Waals surface area (Å²) >= 11 is 0. The average molecular weight is 957 g/mol. The molecule has 0 aromatic carbocycles. The van der Waals surface area contributed by atoms with Crippen molar-refractivity contribution in [2.24, 2.45) is 0 Å². The van der Waals surface area contributed by atoms with Gasteiger partial charge < -0.3 is 34.3 Å². The molecule has 0 aliphatic carbocycles. The van der Waals surface area contributed by atoms with Crippen LogP contribution in [0, 0.1) is 0 Å². The van der Waals surface area contributed by atoms with Gasteiger partial charge in [-0.15, -0.1) is 0 Å². The molecule has 0 aromatic rings. The number of aliphatic hydroxyl groups is 3. The molecule has 0 amide bonds. The van der Waals surface area contributed by atoms with Gasteiger partial charge in [0.2, 0.25) is 0 Å². The minimum Gasteiger partial charge on any atom is -0.462 e. The van der Waals surface area contributed by atoms with Gasteiger partial charge in [-0.3, -0.25) is 14.1 Å². The first-order valence-electron chi connectivity index (χ1n) is 26.5. The van der Waals surface area contributed by atoms with Crippen molar-refractivity contribution in [3.05, 3.63) is 36.5 Å². The molecule has 0 spiro atoms. The summed E-state index contributed by atoms with van der Waals surface area (Å²) in [5.74, 6) is -1.99. The topological polar surface area (TPSA) is 186 Å². The van der Waals surface area contributed by atoms with E-state index in [0.717, 1.165) is 64.2 Å². The lowest BCUT2D eigenvalue weighted by molar-refractivity contribution is -0.297. The second kappa shape index (κ2) is 42.9. The summed E-state index contributed by atoms with van der Waals surface area (Å²) < 4.78 is 54.2. The molecule has 1 aliphatic rings. The van der Waals surface area contributed by atoms with Crippen LogP contribution >= 0.6 is 0 Å². The molecule has 1 rings (SSSR count). The van der Waals surface area contributed by atoms with Crippen LogP contribution in [-0.2, 0) is 38.7 Å². The third kappa shape index (κ3) is 36.9. The highest BCUT2D eigenvalue weighted by atomic mass is 32.2. The van der Waals surface area contributed by atoms with Gasteiger partial charge in [-0.05, 0) is 70.6 Å². The fourth-order valence-corrected chi connectivity index (χ4v) is 8.75. The van der Waals surface area contributed by atoms with Crippen molar-refractivity contribution in [1.29, 1.82) is 0 Å². The van der Waals surface area contributed by atoms with Crippen LogP contribution in [0.25, 0.3) is 0 Å². The maximum Gasteiger partial charge on any atom is 0.306 e. The van der Waals surface area contributed by atoms with Crippen molar-refractivity contribution < 1.29 is 56.8 Å². The van der Waals surface area contributed by atoms with Crippen molar-refractivity contribution in [3.8, 4) is 0 Å². The van der Waals surface area contributed by atoms with E-state index < -0.39 is 71.2 Å². The maximum atomic E-state index is 12.9. The van der Waals surface area contributed by atoms with Crippen LogP contribution in [0.1, 0.15) is 232 Å². The third-order valence-corrected chi connectivity index (χ3v) is 12.9. The van der Waals surface area contributed by atoms with Gasteiger partial charge >= 0.3 is 11.9 Å². The second-order valence-electron chi connectivity index (χ2n) is 18.5. The number of aliphatic hydroxyl groups excluding tert-OH is 3. The van der Waals surface area contributed by atoms with E-state index in [1.54, 1.807) is 0 Å². The van der Waals surface area contributed by atoms with E-state index in [2.05, 4.69) is 50.3 Å². The molecule has 1 fully saturated rings. The molecular weight excluding hydrogens is 861 g/mol. The minimum absolute atomic E-state index is 0.149. The van der Waals surface area contributed by atoms with Crippen LogP contribution in [0.4, 0.5) is 0 Å². The molecule has 1 aliphatic heterocycles. The quantitative estimate of drug-likeness (QED) is 0.0196. The summed E-state index contributed by atoms with van der Waals surface area (Å²) in [4.78, 5) is 25.5. The van der Waals surface area contributed by atoms with Gasteiger partial charge in [-0.2, -0.15) is 8.42 Å². The number of unbranched alkanes of at least 4 members (excludes halogenated alkanes) is 27. The van der Waals surface area contributed by atoms with E-state index >= 15 is 0 Å². The first kappa shape index (κ1) is 61.9. The molecular formula is C53H96O12S. The Balaban J connectivity index is 2.33. The lowest BCUT2D eigenvalue weighted by Crippen LogP contribution is -2.60. The van der Waals surface area contributed by atoms with Crippen molar-refractivity contribution >= 4 is 22.1 Å². The Morgan fingerprint density at radius 3 is 1.38 bits per heavy atom. The predicted octanol–water partition coefficient (Wildman–Crippen LogP) is 12.1. The molecule has 0 radical (unpaired) electrons. The lowest BCUT2D eigenvalue weighted by Gasteiger charge is -2.40. The fourth-order valence-electron chi connectivity index (χ4n) is 8.06. The molecule has 1 saturated heterocycles. The van der Waals surface area contributed by atoms with Crippen molar-refractivity contribution in [3.63, 3.8) is 0 Å².